The van der Waals surface area contributed by atoms with Crippen molar-refractivity contribution < 1.29 is 9.53 Å². The van der Waals surface area contributed by atoms with Gasteiger partial charge in [0.25, 0.3) is 0 Å². The highest BCUT2D eigenvalue weighted by atomic mass is 32.2. The summed E-state index contributed by atoms with van der Waals surface area (Å²) in [4.78, 5) is 26.4. The molecule has 1 fully saturated rings. The molecule has 1 aromatic heterocycles. The number of aryl methyl sites for hydroxylation is 3. The minimum Gasteiger partial charge on any atom is -0.378 e. The zero-order valence-corrected chi connectivity index (χ0v) is 15.5. The molecular formula is C17H22N4O3S. The number of hydrogen-bond acceptors (Lipinski definition) is 5. The highest BCUT2D eigenvalue weighted by Crippen LogP contribution is 2.24. The smallest absolute Gasteiger partial charge is 0.348 e. The van der Waals surface area contributed by atoms with E-state index in [9.17, 15) is 9.59 Å². The molecule has 2 aromatic rings. The van der Waals surface area contributed by atoms with E-state index in [0.29, 0.717) is 31.5 Å². The maximum Gasteiger partial charge on any atom is 0.348 e. The van der Waals surface area contributed by atoms with Crippen molar-refractivity contribution in [3.05, 3.63) is 39.3 Å². The molecule has 1 N–H and O–H groups in total. The van der Waals surface area contributed by atoms with Crippen LogP contribution in [0.3, 0.4) is 0 Å². The summed E-state index contributed by atoms with van der Waals surface area (Å²) < 4.78 is 6.82. The van der Waals surface area contributed by atoms with Crippen molar-refractivity contribution in [3.63, 3.8) is 0 Å². The Bertz CT molecular complexity index is 814. The Morgan fingerprint density at radius 1 is 1.24 bits per heavy atom. The molecule has 1 aliphatic rings. The van der Waals surface area contributed by atoms with Gasteiger partial charge in [0.2, 0.25) is 5.91 Å². The maximum atomic E-state index is 12.3. The number of aromatic nitrogens is 3. The molecule has 1 aliphatic heterocycles. The summed E-state index contributed by atoms with van der Waals surface area (Å²) in [7, 11) is 0. The number of rotatable bonds is 4. The summed E-state index contributed by atoms with van der Waals surface area (Å²) in [5.41, 5.74) is 3.68. The van der Waals surface area contributed by atoms with Crippen LogP contribution in [0.4, 0.5) is 0 Å². The fourth-order valence-electron chi connectivity index (χ4n) is 3.13. The van der Waals surface area contributed by atoms with Crippen LogP contribution in [0.2, 0.25) is 0 Å². The summed E-state index contributed by atoms with van der Waals surface area (Å²) in [6.45, 7) is 8.35. The molecule has 1 saturated heterocycles. The monoisotopic (exact) mass is 362 g/mol. The molecule has 1 amide bonds. The molecule has 8 heteroatoms. The molecule has 2 heterocycles. The van der Waals surface area contributed by atoms with Crippen molar-refractivity contribution in [2.45, 2.75) is 25.9 Å². The van der Waals surface area contributed by atoms with Crippen molar-refractivity contribution in [2.75, 3.05) is 32.1 Å². The van der Waals surface area contributed by atoms with Crippen LogP contribution in [-0.2, 0) is 9.53 Å². The van der Waals surface area contributed by atoms with Crippen molar-refractivity contribution in [1.29, 1.82) is 0 Å². The Balaban J connectivity index is 1.83. The molecule has 134 valence electrons. The molecule has 0 aliphatic carbocycles. The number of benzene rings is 1. The fraction of sp³-hybridized carbons (Fsp3) is 0.471. The van der Waals surface area contributed by atoms with Gasteiger partial charge in [-0.25, -0.2) is 14.5 Å². The Labute approximate surface area is 150 Å². The number of thioether (sulfide) groups is 1. The summed E-state index contributed by atoms with van der Waals surface area (Å²) in [6, 6.07) is 4.07. The second kappa shape index (κ2) is 7.45. The molecule has 25 heavy (non-hydrogen) atoms. The first-order chi connectivity index (χ1) is 12.0. The molecular weight excluding hydrogens is 340 g/mol. The van der Waals surface area contributed by atoms with Crippen LogP contribution < -0.4 is 5.69 Å². The SMILES string of the molecule is Cc1cc(C)c(-n2c(SCC(=O)N3CCOCC3)n[nH]c2=O)c(C)c1. The summed E-state index contributed by atoms with van der Waals surface area (Å²) in [6.07, 6.45) is 0. The molecule has 1 aromatic carbocycles. The molecule has 0 saturated carbocycles. The topological polar surface area (TPSA) is 80.2 Å². The summed E-state index contributed by atoms with van der Waals surface area (Å²) in [5, 5.41) is 7.11. The summed E-state index contributed by atoms with van der Waals surface area (Å²) in [5.74, 6) is 0.279. The molecule has 0 bridgehead atoms. The van der Waals surface area contributed by atoms with Crippen LogP contribution in [0.15, 0.2) is 22.1 Å². The van der Waals surface area contributed by atoms with Crippen LogP contribution in [0.1, 0.15) is 16.7 Å². The average Bonchev–Trinajstić information content (AvgIpc) is 2.93. The zero-order valence-electron chi connectivity index (χ0n) is 14.7. The number of amides is 1. The summed E-state index contributed by atoms with van der Waals surface area (Å²) >= 11 is 1.27. The standard InChI is InChI=1S/C17H22N4O3S/c1-11-8-12(2)15(13(3)9-11)21-16(23)18-19-17(21)25-10-14(22)20-4-6-24-7-5-20/h8-9H,4-7,10H2,1-3H3,(H,18,23). The molecule has 7 nitrogen and oxygen atoms in total. The Morgan fingerprint density at radius 2 is 1.88 bits per heavy atom. The molecule has 0 unspecified atom stereocenters. The van der Waals surface area contributed by atoms with E-state index in [4.69, 9.17) is 4.74 Å². The number of hydrogen-bond donors (Lipinski definition) is 1. The molecule has 0 atom stereocenters. The quantitative estimate of drug-likeness (QED) is 0.833. The van der Waals surface area contributed by atoms with Crippen LogP contribution >= 0.6 is 11.8 Å². The highest BCUT2D eigenvalue weighted by molar-refractivity contribution is 7.99. The predicted molar refractivity (Wildman–Crippen MR) is 96.5 cm³/mol. The van der Waals surface area contributed by atoms with Gasteiger partial charge in [-0.05, 0) is 31.9 Å². The largest absolute Gasteiger partial charge is 0.378 e. The van der Waals surface area contributed by atoms with Gasteiger partial charge in [-0.15, -0.1) is 5.10 Å². The number of morpholine rings is 1. The molecule has 3 rings (SSSR count). The lowest BCUT2D eigenvalue weighted by molar-refractivity contribution is -0.132. The van der Waals surface area contributed by atoms with Crippen LogP contribution in [0, 0.1) is 20.8 Å². The third-order valence-corrected chi connectivity index (χ3v) is 5.11. The van der Waals surface area contributed by atoms with E-state index >= 15 is 0 Å². The van der Waals surface area contributed by atoms with Gasteiger partial charge in [0.15, 0.2) is 5.16 Å². The van der Waals surface area contributed by atoms with Crippen LogP contribution in [-0.4, -0.2) is 57.6 Å². The minimum atomic E-state index is -0.295. The zero-order chi connectivity index (χ0) is 18.0. The first-order valence-corrected chi connectivity index (χ1v) is 9.20. The third-order valence-electron chi connectivity index (χ3n) is 4.19. The van der Waals surface area contributed by atoms with Gasteiger partial charge < -0.3 is 9.64 Å². The number of ether oxygens (including phenoxy) is 1. The number of nitrogens with zero attached hydrogens (tertiary/aromatic N) is 3. The number of nitrogens with one attached hydrogen (secondary N) is 1. The van der Waals surface area contributed by atoms with Gasteiger partial charge in [-0.3, -0.25) is 4.79 Å². The van der Waals surface area contributed by atoms with Gasteiger partial charge in [0.1, 0.15) is 0 Å². The normalized spacial score (nSPS) is 14.8. The Hall–Kier alpha value is -2.06. The van der Waals surface area contributed by atoms with Crippen molar-refractivity contribution in [2.24, 2.45) is 0 Å². The van der Waals surface area contributed by atoms with Gasteiger partial charge in [-0.1, -0.05) is 29.5 Å². The van der Waals surface area contributed by atoms with Crippen LogP contribution in [0.25, 0.3) is 5.69 Å². The molecule has 0 spiro atoms. The van der Waals surface area contributed by atoms with E-state index in [-0.39, 0.29) is 17.3 Å². The average molecular weight is 362 g/mol. The Morgan fingerprint density at radius 3 is 2.52 bits per heavy atom. The Kier molecular flexibility index (Phi) is 5.29. The minimum absolute atomic E-state index is 0.0349. The first-order valence-electron chi connectivity index (χ1n) is 8.21. The second-order valence-corrected chi connectivity index (χ2v) is 7.12. The lowest BCUT2D eigenvalue weighted by Gasteiger charge is -2.26. The number of H-pyrrole nitrogens is 1. The van der Waals surface area contributed by atoms with E-state index in [2.05, 4.69) is 10.2 Å². The highest BCUT2D eigenvalue weighted by Gasteiger charge is 2.20. The van der Waals surface area contributed by atoms with E-state index in [1.54, 1.807) is 9.47 Å². The van der Waals surface area contributed by atoms with E-state index < -0.39 is 0 Å². The first kappa shape index (κ1) is 17.8. The van der Waals surface area contributed by atoms with E-state index in [1.807, 2.05) is 32.9 Å². The van der Waals surface area contributed by atoms with Crippen molar-refractivity contribution in [1.82, 2.24) is 19.7 Å². The van der Waals surface area contributed by atoms with E-state index in [1.165, 1.54) is 11.8 Å². The maximum absolute atomic E-state index is 12.3. The number of aromatic amines is 1. The van der Waals surface area contributed by atoms with Crippen LogP contribution in [0.5, 0.6) is 0 Å². The molecule has 0 radical (unpaired) electrons. The third kappa shape index (κ3) is 3.80. The van der Waals surface area contributed by atoms with Gasteiger partial charge >= 0.3 is 5.69 Å². The number of carbonyl (C=O) groups is 1. The van der Waals surface area contributed by atoms with Gasteiger partial charge in [-0.2, -0.15) is 0 Å². The lowest BCUT2D eigenvalue weighted by atomic mass is 10.1. The van der Waals surface area contributed by atoms with Gasteiger partial charge in [0, 0.05) is 13.1 Å². The lowest BCUT2D eigenvalue weighted by Crippen LogP contribution is -2.41. The van der Waals surface area contributed by atoms with Gasteiger partial charge in [0.05, 0.1) is 24.7 Å². The predicted octanol–water partition coefficient (Wildman–Crippen LogP) is 1.44. The number of carbonyl (C=O) groups excluding carboxylic acids is 1. The fourth-order valence-corrected chi connectivity index (χ4v) is 3.98. The second-order valence-electron chi connectivity index (χ2n) is 6.18. The van der Waals surface area contributed by atoms with Crippen molar-refractivity contribution >= 4 is 17.7 Å². The van der Waals surface area contributed by atoms with Crippen molar-refractivity contribution in [3.8, 4) is 5.69 Å². The van der Waals surface area contributed by atoms with E-state index in [0.717, 1.165) is 22.4 Å².